The fraction of sp³-hybridized carbons (Fsp3) is 0.500. The van der Waals surface area contributed by atoms with Gasteiger partial charge in [0.05, 0.1) is 0 Å². The van der Waals surface area contributed by atoms with E-state index in [-0.39, 0.29) is 6.42 Å². The minimum absolute atomic E-state index is 0.0863. The van der Waals surface area contributed by atoms with Crippen molar-refractivity contribution in [3.8, 4) is 0 Å². The van der Waals surface area contributed by atoms with Crippen LogP contribution in [0.1, 0.15) is 35.1 Å². The molecule has 2 rings (SSSR count). The number of aryl methyl sites for hydroxylation is 2. The highest BCUT2D eigenvalue weighted by atomic mass is 19.3. The highest BCUT2D eigenvalue weighted by molar-refractivity contribution is 5.47. The Hall–Kier alpha value is -0.920. The van der Waals surface area contributed by atoms with Crippen molar-refractivity contribution >= 4 is 0 Å². The van der Waals surface area contributed by atoms with Crippen molar-refractivity contribution in [2.75, 3.05) is 0 Å². The summed E-state index contributed by atoms with van der Waals surface area (Å²) in [7, 11) is 0. The highest BCUT2D eigenvalue weighted by Gasteiger charge is 2.45. The van der Waals surface area contributed by atoms with Crippen molar-refractivity contribution < 1.29 is 8.78 Å². The van der Waals surface area contributed by atoms with Gasteiger partial charge in [-0.05, 0) is 36.1 Å². The Morgan fingerprint density at radius 3 is 2.36 bits per heavy atom. The van der Waals surface area contributed by atoms with E-state index in [2.05, 4.69) is 0 Å². The molecule has 0 heterocycles. The van der Waals surface area contributed by atoms with E-state index in [0.717, 1.165) is 22.3 Å². The number of alkyl halides is 2. The average Bonchev–Trinajstić information content (AvgIpc) is 2.33. The van der Waals surface area contributed by atoms with Crippen LogP contribution in [-0.4, -0.2) is 5.92 Å². The van der Waals surface area contributed by atoms with Crippen LogP contribution in [0, 0.1) is 13.8 Å². The van der Waals surface area contributed by atoms with Gasteiger partial charge in [0.2, 0.25) is 0 Å². The second kappa shape index (κ2) is 2.78. The summed E-state index contributed by atoms with van der Waals surface area (Å²) in [4.78, 5) is 0. The predicted molar refractivity (Wildman–Crippen MR) is 53.0 cm³/mol. The Balaban J connectivity index is 2.64. The van der Waals surface area contributed by atoms with Gasteiger partial charge in [0.25, 0.3) is 5.92 Å². The molecular weight excluding hydrogens is 182 g/mol. The van der Waals surface area contributed by atoms with Gasteiger partial charge in [0.1, 0.15) is 0 Å². The van der Waals surface area contributed by atoms with Crippen LogP contribution in [-0.2, 0) is 6.42 Å². The van der Waals surface area contributed by atoms with Crippen LogP contribution in [0.5, 0.6) is 0 Å². The van der Waals surface area contributed by atoms with E-state index in [1.807, 2.05) is 26.0 Å². The monoisotopic (exact) mass is 196 g/mol. The topological polar surface area (TPSA) is 0 Å². The molecule has 0 spiro atoms. The molecule has 0 aliphatic heterocycles. The normalized spacial score (nSPS) is 23.6. The molecule has 1 aromatic rings. The zero-order valence-electron chi connectivity index (χ0n) is 8.70. The lowest BCUT2D eigenvalue weighted by Crippen LogP contribution is -2.19. The SMILES string of the molecule is Cc1ccc(C)c2c1CC(F)(F)C2C. The largest absolute Gasteiger partial charge is 0.258 e. The minimum atomic E-state index is -2.56. The Bertz CT molecular complexity index is 380. The quantitative estimate of drug-likeness (QED) is 0.594. The first kappa shape index (κ1) is 9.63. The van der Waals surface area contributed by atoms with Crippen LogP contribution < -0.4 is 0 Å². The maximum Gasteiger partial charge on any atom is 0.258 e. The number of halogens is 2. The Morgan fingerprint density at radius 1 is 1.21 bits per heavy atom. The van der Waals surface area contributed by atoms with Crippen LogP contribution in [0.4, 0.5) is 8.78 Å². The van der Waals surface area contributed by atoms with Crippen molar-refractivity contribution in [1.82, 2.24) is 0 Å². The first-order chi connectivity index (χ1) is 6.43. The molecule has 0 bridgehead atoms. The third-order valence-electron chi connectivity index (χ3n) is 3.29. The van der Waals surface area contributed by atoms with Crippen molar-refractivity contribution in [2.45, 2.75) is 39.0 Å². The molecule has 0 radical (unpaired) electrons. The van der Waals surface area contributed by atoms with Gasteiger partial charge in [-0.2, -0.15) is 0 Å². The first-order valence-electron chi connectivity index (χ1n) is 4.90. The summed E-state index contributed by atoms with van der Waals surface area (Å²) in [5.74, 6) is -3.18. The second-order valence-corrected chi connectivity index (χ2v) is 4.25. The fourth-order valence-corrected chi connectivity index (χ4v) is 2.33. The first-order valence-corrected chi connectivity index (χ1v) is 4.90. The fourth-order valence-electron chi connectivity index (χ4n) is 2.33. The molecule has 0 nitrogen and oxygen atoms in total. The van der Waals surface area contributed by atoms with E-state index in [4.69, 9.17) is 0 Å². The minimum Gasteiger partial charge on any atom is -0.206 e. The molecule has 0 fully saturated rings. The summed E-state index contributed by atoms with van der Waals surface area (Å²) in [6, 6.07) is 3.87. The zero-order chi connectivity index (χ0) is 10.5. The van der Waals surface area contributed by atoms with Gasteiger partial charge in [-0.3, -0.25) is 0 Å². The molecule has 1 aliphatic rings. The van der Waals surface area contributed by atoms with Gasteiger partial charge < -0.3 is 0 Å². The Morgan fingerprint density at radius 2 is 1.79 bits per heavy atom. The molecule has 14 heavy (non-hydrogen) atoms. The van der Waals surface area contributed by atoms with Crippen LogP contribution in [0.3, 0.4) is 0 Å². The van der Waals surface area contributed by atoms with Crippen molar-refractivity contribution in [3.05, 3.63) is 34.4 Å². The van der Waals surface area contributed by atoms with Crippen molar-refractivity contribution in [3.63, 3.8) is 0 Å². The number of hydrogen-bond acceptors (Lipinski definition) is 0. The number of hydrogen-bond donors (Lipinski definition) is 0. The maximum absolute atomic E-state index is 13.5. The highest BCUT2D eigenvalue weighted by Crippen LogP contribution is 2.46. The van der Waals surface area contributed by atoms with E-state index in [1.54, 1.807) is 6.92 Å². The third kappa shape index (κ3) is 1.17. The summed E-state index contributed by atoms with van der Waals surface area (Å²) >= 11 is 0. The molecule has 2 heteroatoms. The van der Waals surface area contributed by atoms with Crippen LogP contribution in [0.2, 0.25) is 0 Å². The average molecular weight is 196 g/mol. The third-order valence-corrected chi connectivity index (χ3v) is 3.29. The van der Waals surface area contributed by atoms with Gasteiger partial charge in [0, 0.05) is 12.3 Å². The summed E-state index contributed by atoms with van der Waals surface area (Å²) in [6.07, 6.45) is -0.0863. The molecule has 0 aromatic heterocycles. The predicted octanol–water partition coefficient (Wildman–Crippen LogP) is 3.60. The second-order valence-electron chi connectivity index (χ2n) is 4.25. The molecular formula is C12H14F2. The molecule has 1 unspecified atom stereocenters. The van der Waals surface area contributed by atoms with Crippen molar-refractivity contribution in [2.24, 2.45) is 0 Å². The van der Waals surface area contributed by atoms with Gasteiger partial charge in [-0.25, -0.2) is 8.78 Å². The number of fused-ring (bicyclic) bond motifs is 1. The van der Waals surface area contributed by atoms with E-state index >= 15 is 0 Å². The molecule has 1 aromatic carbocycles. The van der Waals surface area contributed by atoms with Crippen LogP contribution >= 0.6 is 0 Å². The van der Waals surface area contributed by atoms with E-state index in [0.29, 0.717) is 0 Å². The van der Waals surface area contributed by atoms with Gasteiger partial charge in [-0.1, -0.05) is 19.1 Å². The van der Waals surface area contributed by atoms with Gasteiger partial charge in [-0.15, -0.1) is 0 Å². The molecule has 0 saturated carbocycles. The Kier molecular flexibility index (Phi) is 1.91. The lowest BCUT2D eigenvalue weighted by Gasteiger charge is -2.15. The molecule has 76 valence electrons. The lowest BCUT2D eigenvalue weighted by atomic mass is 9.95. The maximum atomic E-state index is 13.5. The molecule has 0 saturated heterocycles. The smallest absolute Gasteiger partial charge is 0.206 e. The standard InChI is InChI=1S/C12H14F2/c1-7-4-5-8(2)11-9(3)12(13,14)6-10(7)11/h4-5,9H,6H2,1-3H3. The molecule has 1 atom stereocenters. The van der Waals surface area contributed by atoms with E-state index in [9.17, 15) is 8.78 Å². The summed E-state index contributed by atoms with van der Waals surface area (Å²) in [5, 5.41) is 0. The zero-order valence-corrected chi connectivity index (χ0v) is 8.70. The van der Waals surface area contributed by atoms with E-state index < -0.39 is 11.8 Å². The lowest BCUT2D eigenvalue weighted by molar-refractivity contribution is -0.00997. The summed E-state index contributed by atoms with van der Waals surface area (Å²) in [6.45, 7) is 5.45. The van der Waals surface area contributed by atoms with Crippen LogP contribution in [0.15, 0.2) is 12.1 Å². The summed E-state index contributed by atoms with van der Waals surface area (Å²) < 4.78 is 27.0. The Labute approximate surface area is 82.9 Å². The molecule has 1 aliphatic carbocycles. The molecule has 0 N–H and O–H groups in total. The number of benzene rings is 1. The van der Waals surface area contributed by atoms with Crippen LogP contribution in [0.25, 0.3) is 0 Å². The summed E-state index contributed by atoms with van der Waals surface area (Å²) in [5.41, 5.74) is 3.72. The van der Waals surface area contributed by atoms with Gasteiger partial charge in [0.15, 0.2) is 0 Å². The van der Waals surface area contributed by atoms with Gasteiger partial charge >= 0.3 is 0 Å². The van der Waals surface area contributed by atoms with Crippen molar-refractivity contribution in [1.29, 1.82) is 0 Å². The number of rotatable bonds is 0. The molecule has 0 amide bonds. The van der Waals surface area contributed by atoms with E-state index in [1.165, 1.54) is 0 Å².